The first-order chi connectivity index (χ1) is 7.00. The minimum absolute atomic E-state index is 0.0297. The van der Waals surface area contributed by atoms with E-state index >= 15 is 0 Å². The first kappa shape index (κ1) is 11.9. The molecule has 0 aliphatic rings. The summed E-state index contributed by atoms with van der Waals surface area (Å²) in [5, 5.41) is 9.24. The molecule has 0 heterocycles. The van der Waals surface area contributed by atoms with E-state index in [4.69, 9.17) is 0 Å². The van der Waals surface area contributed by atoms with Crippen molar-refractivity contribution in [2.24, 2.45) is 0 Å². The summed E-state index contributed by atoms with van der Waals surface area (Å²) >= 11 is 0. The van der Waals surface area contributed by atoms with E-state index in [-0.39, 0.29) is 12.3 Å². The maximum atomic E-state index is 11.8. The number of benzene rings is 1. The fourth-order valence-electron chi connectivity index (χ4n) is 1.27. The average molecular weight is 207 g/mol. The quantitative estimate of drug-likeness (QED) is 0.600. The number of aliphatic hydroxyl groups is 1. The zero-order valence-electron chi connectivity index (χ0n) is 9.40. The van der Waals surface area contributed by atoms with E-state index in [9.17, 15) is 9.90 Å². The fourth-order valence-corrected chi connectivity index (χ4v) is 1.27. The molecule has 0 saturated heterocycles. The number of hydrogen-bond donors (Lipinski definition) is 1. The topological polar surface area (TPSA) is 40.5 Å². The van der Waals surface area contributed by atoms with Crippen molar-refractivity contribution in [3.8, 4) is 0 Å². The van der Waals surface area contributed by atoms with Crippen molar-refractivity contribution < 1.29 is 9.90 Å². The first-order valence-electron chi connectivity index (χ1n) is 4.99. The molecule has 1 rings (SSSR count). The SMILES string of the molecule is Cc1cccc(C(=O)CN(C)C(C)O)c1. The van der Waals surface area contributed by atoms with Crippen molar-refractivity contribution in [3.63, 3.8) is 0 Å². The third kappa shape index (κ3) is 3.46. The molecule has 15 heavy (non-hydrogen) atoms. The van der Waals surface area contributed by atoms with Crippen molar-refractivity contribution in [3.05, 3.63) is 35.4 Å². The Bertz CT molecular complexity index is 347. The van der Waals surface area contributed by atoms with E-state index in [1.807, 2.05) is 25.1 Å². The molecule has 0 aliphatic carbocycles. The predicted octanol–water partition coefficient (Wildman–Crippen LogP) is 1.45. The summed E-state index contributed by atoms with van der Waals surface area (Å²) in [7, 11) is 1.72. The lowest BCUT2D eigenvalue weighted by atomic mass is 10.1. The second-order valence-corrected chi connectivity index (χ2v) is 3.84. The van der Waals surface area contributed by atoms with Gasteiger partial charge in [-0.25, -0.2) is 0 Å². The third-order valence-electron chi connectivity index (χ3n) is 2.37. The second-order valence-electron chi connectivity index (χ2n) is 3.84. The molecule has 0 fully saturated rings. The molecule has 0 spiro atoms. The van der Waals surface area contributed by atoms with Crippen LogP contribution in [0, 0.1) is 6.92 Å². The van der Waals surface area contributed by atoms with E-state index < -0.39 is 6.23 Å². The van der Waals surface area contributed by atoms with E-state index in [1.54, 1.807) is 24.9 Å². The van der Waals surface area contributed by atoms with Gasteiger partial charge in [-0.05, 0) is 27.0 Å². The lowest BCUT2D eigenvalue weighted by Crippen LogP contribution is -2.33. The van der Waals surface area contributed by atoms with Crippen LogP contribution in [0.25, 0.3) is 0 Å². The number of carbonyl (C=O) groups is 1. The number of likely N-dealkylation sites (N-methyl/N-ethyl adjacent to an activating group) is 1. The zero-order chi connectivity index (χ0) is 11.4. The van der Waals surface area contributed by atoms with Crippen molar-refractivity contribution in [1.29, 1.82) is 0 Å². The highest BCUT2D eigenvalue weighted by atomic mass is 16.3. The normalized spacial score (nSPS) is 12.9. The molecule has 0 amide bonds. The second kappa shape index (κ2) is 5.05. The van der Waals surface area contributed by atoms with Crippen LogP contribution in [-0.2, 0) is 0 Å². The van der Waals surface area contributed by atoms with Crippen LogP contribution in [0.15, 0.2) is 24.3 Å². The molecule has 0 saturated carbocycles. The van der Waals surface area contributed by atoms with Gasteiger partial charge in [-0.3, -0.25) is 9.69 Å². The molecular formula is C12H17NO2. The minimum atomic E-state index is -0.598. The minimum Gasteiger partial charge on any atom is -0.379 e. The Morgan fingerprint density at radius 3 is 2.73 bits per heavy atom. The molecule has 1 N–H and O–H groups in total. The van der Waals surface area contributed by atoms with Gasteiger partial charge in [0.2, 0.25) is 0 Å². The Hall–Kier alpha value is -1.19. The summed E-state index contributed by atoms with van der Waals surface area (Å²) in [6, 6.07) is 7.48. The molecule has 1 atom stereocenters. The largest absolute Gasteiger partial charge is 0.379 e. The molecule has 1 aromatic carbocycles. The average Bonchev–Trinajstić information content (AvgIpc) is 2.17. The number of rotatable bonds is 4. The van der Waals surface area contributed by atoms with Crippen LogP contribution in [-0.4, -0.2) is 35.6 Å². The van der Waals surface area contributed by atoms with Crippen LogP contribution in [0.5, 0.6) is 0 Å². The molecule has 1 unspecified atom stereocenters. The number of aliphatic hydroxyl groups excluding tert-OH is 1. The molecule has 0 radical (unpaired) electrons. The van der Waals surface area contributed by atoms with Crippen LogP contribution < -0.4 is 0 Å². The number of ketones is 1. The zero-order valence-corrected chi connectivity index (χ0v) is 9.40. The highest BCUT2D eigenvalue weighted by molar-refractivity contribution is 5.97. The summed E-state index contributed by atoms with van der Waals surface area (Å²) in [6.45, 7) is 3.83. The van der Waals surface area contributed by atoms with Crippen LogP contribution in [0.4, 0.5) is 0 Å². The molecule has 82 valence electrons. The van der Waals surface area contributed by atoms with Crippen molar-refractivity contribution in [2.75, 3.05) is 13.6 Å². The highest BCUT2D eigenvalue weighted by Gasteiger charge is 2.12. The molecule has 0 aromatic heterocycles. The summed E-state index contributed by atoms with van der Waals surface area (Å²) in [6.07, 6.45) is -0.598. The number of Topliss-reactive ketones (excluding diaryl/α,β-unsaturated/α-hetero) is 1. The molecule has 0 aliphatic heterocycles. The number of nitrogens with zero attached hydrogens (tertiary/aromatic N) is 1. The molecule has 1 aromatic rings. The fraction of sp³-hybridized carbons (Fsp3) is 0.417. The Balaban J connectivity index is 2.69. The van der Waals surface area contributed by atoms with Gasteiger partial charge in [-0.1, -0.05) is 23.8 Å². The van der Waals surface area contributed by atoms with Crippen LogP contribution >= 0.6 is 0 Å². The number of carbonyl (C=O) groups excluding carboxylic acids is 1. The van der Waals surface area contributed by atoms with Gasteiger partial charge in [0, 0.05) is 5.56 Å². The lowest BCUT2D eigenvalue weighted by molar-refractivity contribution is 0.0367. The Kier molecular flexibility index (Phi) is 4.00. The molecule has 0 bridgehead atoms. The van der Waals surface area contributed by atoms with Gasteiger partial charge in [0.1, 0.15) is 6.23 Å². The van der Waals surface area contributed by atoms with Gasteiger partial charge in [-0.2, -0.15) is 0 Å². The summed E-state index contributed by atoms with van der Waals surface area (Å²) in [5.74, 6) is 0.0297. The first-order valence-corrected chi connectivity index (χ1v) is 4.99. The summed E-state index contributed by atoms with van der Waals surface area (Å²) in [4.78, 5) is 13.4. The molecule has 3 nitrogen and oxygen atoms in total. The van der Waals surface area contributed by atoms with Gasteiger partial charge in [0.05, 0.1) is 6.54 Å². The van der Waals surface area contributed by atoms with Gasteiger partial charge in [-0.15, -0.1) is 0 Å². The van der Waals surface area contributed by atoms with Gasteiger partial charge >= 0.3 is 0 Å². The van der Waals surface area contributed by atoms with E-state index in [0.29, 0.717) is 5.56 Å². The maximum Gasteiger partial charge on any atom is 0.176 e. The predicted molar refractivity (Wildman–Crippen MR) is 59.8 cm³/mol. The summed E-state index contributed by atoms with van der Waals surface area (Å²) in [5.41, 5.74) is 1.77. The highest BCUT2D eigenvalue weighted by Crippen LogP contribution is 2.06. The standard InChI is InChI=1S/C12H17NO2/c1-9-5-4-6-11(7-9)12(15)8-13(3)10(2)14/h4-7,10,14H,8H2,1-3H3. The third-order valence-corrected chi connectivity index (χ3v) is 2.37. The van der Waals surface area contributed by atoms with Gasteiger partial charge < -0.3 is 5.11 Å². The Morgan fingerprint density at radius 1 is 1.53 bits per heavy atom. The lowest BCUT2D eigenvalue weighted by Gasteiger charge is -2.18. The van der Waals surface area contributed by atoms with Crippen molar-refractivity contribution in [1.82, 2.24) is 4.90 Å². The summed E-state index contributed by atoms with van der Waals surface area (Å²) < 4.78 is 0. The number of aryl methyl sites for hydroxylation is 1. The van der Waals surface area contributed by atoms with E-state index in [0.717, 1.165) is 5.56 Å². The maximum absolute atomic E-state index is 11.8. The van der Waals surface area contributed by atoms with Crippen molar-refractivity contribution >= 4 is 5.78 Å². The van der Waals surface area contributed by atoms with E-state index in [1.165, 1.54) is 0 Å². The molecular weight excluding hydrogens is 190 g/mol. The smallest absolute Gasteiger partial charge is 0.176 e. The Morgan fingerprint density at radius 2 is 2.20 bits per heavy atom. The monoisotopic (exact) mass is 207 g/mol. The number of hydrogen-bond acceptors (Lipinski definition) is 3. The van der Waals surface area contributed by atoms with Gasteiger partial charge in [0.15, 0.2) is 5.78 Å². The van der Waals surface area contributed by atoms with Crippen LogP contribution in [0.1, 0.15) is 22.8 Å². The van der Waals surface area contributed by atoms with Crippen LogP contribution in [0.3, 0.4) is 0 Å². The van der Waals surface area contributed by atoms with Crippen molar-refractivity contribution in [2.45, 2.75) is 20.1 Å². The van der Waals surface area contributed by atoms with Crippen LogP contribution in [0.2, 0.25) is 0 Å². The Labute approximate surface area is 90.3 Å². The van der Waals surface area contributed by atoms with E-state index in [2.05, 4.69) is 0 Å². The van der Waals surface area contributed by atoms with Gasteiger partial charge in [0.25, 0.3) is 0 Å². The molecule has 3 heteroatoms.